The molecule has 0 bridgehead atoms. The molecule has 1 N–H and O–H groups in total. The first-order chi connectivity index (χ1) is 14.2. The van der Waals surface area contributed by atoms with E-state index in [1.807, 2.05) is 58.0 Å². The van der Waals surface area contributed by atoms with Crippen LogP contribution in [0.25, 0.3) is 0 Å². The number of amides is 2. The Morgan fingerprint density at radius 1 is 1.13 bits per heavy atom. The molecular formula is C24H31ClN2O3. The van der Waals surface area contributed by atoms with Gasteiger partial charge in [-0.3, -0.25) is 9.59 Å². The number of ether oxygens (including phenoxy) is 1. The van der Waals surface area contributed by atoms with Crippen LogP contribution in [0.2, 0.25) is 5.02 Å². The van der Waals surface area contributed by atoms with Gasteiger partial charge in [-0.1, -0.05) is 42.8 Å². The zero-order chi connectivity index (χ0) is 22.3. The highest BCUT2D eigenvalue weighted by Gasteiger charge is 2.27. The third kappa shape index (κ3) is 6.49. The number of nitrogens with zero attached hydrogens (tertiary/aromatic N) is 1. The van der Waals surface area contributed by atoms with E-state index in [2.05, 4.69) is 5.32 Å². The Morgan fingerprint density at radius 2 is 1.83 bits per heavy atom. The van der Waals surface area contributed by atoms with Crippen molar-refractivity contribution in [3.05, 3.63) is 64.2 Å². The Morgan fingerprint density at radius 3 is 2.50 bits per heavy atom. The molecule has 0 aromatic heterocycles. The lowest BCUT2D eigenvalue weighted by Crippen LogP contribution is -2.50. The van der Waals surface area contributed by atoms with E-state index in [0.717, 1.165) is 23.1 Å². The Balaban J connectivity index is 2.19. The van der Waals surface area contributed by atoms with Gasteiger partial charge in [-0.15, -0.1) is 0 Å². The first kappa shape index (κ1) is 23.7. The Hall–Kier alpha value is -2.53. The monoisotopic (exact) mass is 430 g/mol. The van der Waals surface area contributed by atoms with E-state index in [-0.39, 0.29) is 31.0 Å². The fourth-order valence-electron chi connectivity index (χ4n) is 2.98. The summed E-state index contributed by atoms with van der Waals surface area (Å²) in [5.74, 6) is 0.219. The van der Waals surface area contributed by atoms with Crippen LogP contribution in [-0.2, 0) is 16.1 Å². The smallest absolute Gasteiger partial charge is 0.261 e. The number of carbonyl (C=O) groups is 2. The van der Waals surface area contributed by atoms with Crippen molar-refractivity contribution in [2.24, 2.45) is 0 Å². The van der Waals surface area contributed by atoms with Gasteiger partial charge in [0.25, 0.3) is 5.91 Å². The maximum Gasteiger partial charge on any atom is 0.261 e. The summed E-state index contributed by atoms with van der Waals surface area (Å²) in [6.45, 7) is 9.76. The van der Waals surface area contributed by atoms with Crippen LogP contribution in [0.1, 0.15) is 43.9 Å². The summed E-state index contributed by atoms with van der Waals surface area (Å²) in [6.07, 6.45) is 0.816. The first-order valence-electron chi connectivity index (χ1n) is 10.3. The number of hydrogen-bond donors (Lipinski definition) is 1. The average molecular weight is 431 g/mol. The van der Waals surface area contributed by atoms with Gasteiger partial charge in [0.2, 0.25) is 5.91 Å². The van der Waals surface area contributed by atoms with Crippen LogP contribution >= 0.6 is 11.6 Å². The lowest BCUT2D eigenvalue weighted by atomic mass is 10.1. The highest BCUT2D eigenvalue weighted by Crippen LogP contribution is 2.21. The summed E-state index contributed by atoms with van der Waals surface area (Å²) in [7, 11) is 0. The van der Waals surface area contributed by atoms with Crippen molar-refractivity contribution in [3.8, 4) is 5.75 Å². The SMILES string of the molecule is CC[C@@H](C)NC(=O)[C@@H](C)N(Cc1cccc(Cl)c1)C(=O)COc1cccc(C)c1C. The Labute approximate surface area is 184 Å². The molecule has 2 aromatic rings. The molecule has 2 atom stereocenters. The van der Waals surface area contributed by atoms with Gasteiger partial charge in [-0.25, -0.2) is 0 Å². The molecule has 0 spiro atoms. The fraction of sp³-hybridized carbons (Fsp3) is 0.417. The van der Waals surface area contributed by atoms with Crippen LogP contribution < -0.4 is 10.1 Å². The van der Waals surface area contributed by atoms with Gasteiger partial charge in [0.15, 0.2) is 6.61 Å². The van der Waals surface area contributed by atoms with Crippen LogP contribution in [0, 0.1) is 13.8 Å². The van der Waals surface area contributed by atoms with E-state index in [1.54, 1.807) is 19.1 Å². The second-order valence-corrected chi connectivity index (χ2v) is 8.07. The van der Waals surface area contributed by atoms with Crippen LogP contribution in [0.15, 0.2) is 42.5 Å². The minimum Gasteiger partial charge on any atom is -0.483 e. The second kappa shape index (κ2) is 11.0. The molecule has 0 aliphatic carbocycles. The predicted molar refractivity (Wildman–Crippen MR) is 121 cm³/mol. The summed E-state index contributed by atoms with van der Waals surface area (Å²) < 4.78 is 5.81. The zero-order valence-electron chi connectivity index (χ0n) is 18.4. The summed E-state index contributed by atoms with van der Waals surface area (Å²) >= 11 is 6.10. The zero-order valence-corrected chi connectivity index (χ0v) is 19.1. The second-order valence-electron chi connectivity index (χ2n) is 7.63. The first-order valence-corrected chi connectivity index (χ1v) is 10.6. The summed E-state index contributed by atoms with van der Waals surface area (Å²) in [6, 6.07) is 12.4. The Bertz CT molecular complexity index is 885. The van der Waals surface area contributed by atoms with Gasteiger partial charge in [-0.05, 0) is 69.0 Å². The van der Waals surface area contributed by atoms with Crippen molar-refractivity contribution in [2.45, 2.75) is 59.7 Å². The van der Waals surface area contributed by atoms with Crippen LogP contribution in [-0.4, -0.2) is 35.4 Å². The molecule has 0 aliphatic rings. The number of halogens is 1. The largest absolute Gasteiger partial charge is 0.483 e. The van der Waals surface area contributed by atoms with Crippen LogP contribution in [0.4, 0.5) is 0 Å². The van der Waals surface area contributed by atoms with Crippen LogP contribution in [0.3, 0.4) is 0 Å². The normalized spacial score (nSPS) is 12.7. The number of nitrogens with one attached hydrogen (secondary N) is 1. The van der Waals surface area contributed by atoms with Gasteiger partial charge in [-0.2, -0.15) is 0 Å². The summed E-state index contributed by atoms with van der Waals surface area (Å²) in [5.41, 5.74) is 2.94. The maximum absolute atomic E-state index is 13.1. The van der Waals surface area contributed by atoms with E-state index < -0.39 is 6.04 Å². The number of aryl methyl sites for hydroxylation is 1. The number of rotatable bonds is 9. The van der Waals surface area contributed by atoms with Crippen molar-refractivity contribution in [2.75, 3.05) is 6.61 Å². The van der Waals surface area contributed by atoms with Crippen molar-refractivity contribution < 1.29 is 14.3 Å². The summed E-state index contributed by atoms with van der Waals surface area (Å²) in [4.78, 5) is 27.3. The van der Waals surface area contributed by atoms with Crippen molar-refractivity contribution in [3.63, 3.8) is 0 Å². The minimum absolute atomic E-state index is 0.0364. The number of hydrogen-bond acceptors (Lipinski definition) is 3. The van der Waals surface area contributed by atoms with Gasteiger partial charge in [0, 0.05) is 17.6 Å². The standard InChI is InChI=1S/C24H31ClN2O3/c1-6-17(3)26-24(29)19(5)27(14-20-10-8-11-21(25)13-20)23(28)15-30-22-12-7-9-16(2)18(22)4/h7-13,17,19H,6,14-15H2,1-5H3,(H,26,29)/t17-,19-/m1/s1. The number of carbonyl (C=O) groups excluding carboxylic acids is 2. The van der Waals surface area contributed by atoms with E-state index in [4.69, 9.17) is 16.3 Å². The van der Waals surface area contributed by atoms with E-state index in [1.165, 1.54) is 4.90 Å². The molecule has 0 aliphatic heterocycles. The molecule has 0 saturated carbocycles. The lowest BCUT2D eigenvalue weighted by Gasteiger charge is -2.29. The van der Waals surface area contributed by atoms with Gasteiger partial charge in [0.05, 0.1) is 0 Å². The molecular weight excluding hydrogens is 400 g/mol. The summed E-state index contributed by atoms with van der Waals surface area (Å²) in [5, 5.41) is 3.54. The topological polar surface area (TPSA) is 58.6 Å². The molecule has 5 nitrogen and oxygen atoms in total. The van der Waals surface area contributed by atoms with Crippen LogP contribution in [0.5, 0.6) is 5.75 Å². The van der Waals surface area contributed by atoms with Crippen molar-refractivity contribution in [1.82, 2.24) is 10.2 Å². The molecule has 0 saturated heterocycles. The quantitative estimate of drug-likeness (QED) is 0.629. The van der Waals surface area contributed by atoms with E-state index in [9.17, 15) is 9.59 Å². The van der Waals surface area contributed by atoms with E-state index in [0.29, 0.717) is 10.8 Å². The molecule has 2 rings (SSSR count). The highest BCUT2D eigenvalue weighted by molar-refractivity contribution is 6.30. The van der Waals surface area contributed by atoms with E-state index >= 15 is 0 Å². The fourth-order valence-corrected chi connectivity index (χ4v) is 3.20. The molecule has 30 heavy (non-hydrogen) atoms. The van der Waals surface area contributed by atoms with Crippen molar-refractivity contribution >= 4 is 23.4 Å². The third-order valence-electron chi connectivity index (χ3n) is 5.32. The Kier molecular flexibility index (Phi) is 8.72. The lowest BCUT2D eigenvalue weighted by molar-refractivity contribution is -0.142. The molecule has 0 fully saturated rings. The predicted octanol–water partition coefficient (Wildman–Crippen LogP) is 4.67. The maximum atomic E-state index is 13.1. The molecule has 2 amide bonds. The molecule has 6 heteroatoms. The molecule has 2 aromatic carbocycles. The molecule has 0 heterocycles. The minimum atomic E-state index is -0.646. The number of benzene rings is 2. The van der Waals surface area contributed by atoms with Gasteiger partial charge < -0.3 is 15.0 Å². The molecule has 0 unspecified atom stereocenters. The van der Waals surface area contributed by atoms with Crippen molar-refractivity contribution in [1.29, 1.82) is 0 Å². The van der Waals surface area contributed by atoms with Gasteiger partial charge in [0.1, 0.15) is 11.8 Å². The molecule has 162 valence electrons. The third-order valence-corrected chi connectivity index (χ3v) is 5.55. The van der Waals surface area contributed by atoms with Gasteiger partial charge >= 0.3 is 0 Å². The molecule has 0 radical (unpaired) electrons. The highest BCUT2D eigenvalue weighted by atomic mass is 35.5. The average Bonchev–Trinajstić information content (AvgIpc) is 2.72.